The molecule has 2 unspecified atom stereocenters. The number of piperazine rings is 1. The SMILES string of the molecule is CCC(=O)N1CCN(C(CC)c2nc3ccccc3c(=O)n2-c2ccc(C)cc2)CC1C.O. The second-order valence-corrected chi connectivity index (χ2v) is 8.67. The van der Waals surface area contributed by atoms with Crippen molar-refractivity contribution in [3.8, 4) is 5.69 Å². The number of para-hydroxylation sites is 1. The summed E-state index contributed by atoms with van der Waals surface area (Å²) in [7, 11) is 0. The lowest BCUT2D eigenvalue weighted by molar-refractivity contribution is -0.135. The number of fused-ring (bicyclic) bond motifs is 1. The molecule has 1 aliphatic rings. The van der Waals surface area contributed by atoms with Gasteiger partial charge >= 0.3 is 0 Å². The first kappa shape index (κ1) is 24.6. The Bertz CT molecular complexity index is 1170. The van der Waals surface area contributed by atoms with E-state index < -0.39 is 0 Å². The van der Waals surface area contributed by atoms with Crippen molar-refractivity contribution in [2.45, 2.75) is 52.6 Å². The van der Waals surface area contributed by atoms with Crippen LogP contribution >= 0.6 is 0 Å². The molecule has 1 saturated heterocycles. The van der Waals surface area contributed by atoms with Gasteiger partial charge in [0.2, 0.25) is 5.91 Å². The van der Waals surface area contributed by atoms with Gasteiger partial charge < -0.3 is 10.4 Å². The maximum absolute atomic E-state index is 13.6. The fourth-order valence-electron chi connectivity index (χ4n) is 4.76. The van der Waals surface area contributed by atoms with Crippen molar-refractivity contribution >= 4 is 16.8 Å². The lowest BCUT2D eigenvalue weighted by atomic mass is 10.1. The van der Waals surface area contributed by atoms with E-state index in [0.717, 1.165) is 42.1 Å². The number of carbonyl (C=O) groups is 1. The predicted octanol–water partition coefficient (Wildman–Crippen LogP) is 3.26. The summed E-state index contributed by atoms with van der Waals surface area (Å²) >= 11 is 0. The van der Waals surface area contributed by atoms with E-state index in [1.807, 2.05) is 67.3 Å². The normalized spacial score (nSPS) is 17.6. The van der Waals surface area contributed by atoms with E-state index in [0.29, 0.717) is 18.4 Å². The van der Waals surface area contributed by atoms with Gasteiger partial charge in [-0.3, -0.25) is 19.1 Å². The number of hydrogen-bond donors (Lipinski definition) is 0. The molecule has 2 aromatic carbocycles. The van der Waals surface area contributed by atoms with E-state index in [4.69, 9.17) is 4.98 Å². The molecule has 0 saturated carbocycles. The molecule has 4 rings (SSSR count). The molecule has 1 amide bonds. The number of rotatable bonds is 5. The highest BCUT2D eigenvalue weighted by Crippen LogP contribution is 2.28. The van der Waals surface area contributed by atoms with Crippen molar-refractivity contribution in [2.75, 3.05) is 19.6 Å². The van der Waals surface area contributed by atoms with E-state index in [2.05, 4.69) is 18.7 Å². The van der Waals surface area contributed by atoms with Crippen LogP contribution in [0, 0.1) is 6.92 Å². The van der Waals surface area contributed by atoms with E-state index >= 15 is 0 Å². The topological polar surface area (TPSA) is 89.9 Å². The second-order valence-electron chi connectivity index (χ2n) is 8.67. The minimum atomic E-state index is -0.0410. The Kier molecular flexibility index (Phi) is 7.66. The maximum Gasteiger partial charge on any atom is 0.266 e. The summed E-state index contributed by atoms with van der Waals surface area (Å²) in [5.74, 6) is 0.966. The van der Waals surface area contributed by atoms with E-state index in [-0.39, 0.29) is 29.0 Å². The number of amides is 1. The first-order valence-electron chi connectivity index (χ1n) is 11.6. The molecule has 0 spiro atoms. The van der Waals surface area contributed by atoms with Crippen molar-refractivity contribution < 1.29 is 10.3 Å². The van der Waals surface area contributed by atoms with Gasteiger partial charge in [0.05, 0.1) is 22.6 Å². The molecule has 2 atom stereocenters. The molecule has 2 N–H and O–H groups in total. The van der Waals surface area contributed by atoms with E-state index in [9.17, 15) is 9.59 Å². The molecule has 2 heterocycles. The van der Waals surface area contributed by atoms with Gasteiger partial charge in [0, 0.05) is 32.1 Å². The summed E-state index contributed by atoms with van der Waals surface area (Å²) in [5, 5.41) is 0.624. The average molecular weight is 451 g/mol. The van der Waals surface area contributed by atoms with Crippen molar-refractivity contribution in [1.82, 2.24) is 19.4 Å². The number of hydrogen-bond acceptors (Lipinski definition) is 4. The van der Waals surface area contributed by atoms with Gasteiger partial charge in [-0.2, -0.15) is 0 Å². The van der Waals surface area contributed by atoms with Crippen LogP contribution in [0.25, 0.3) is 16.6 Å². The smallest absolute Gasteiger partial charge is 0.266 e. The minimum absolute atomic E-state index is 0. The van der Waals surface area contributed by atoms with Gasteiger partial charge in [-0.1, -0.05) is 43.7 Å². The zero-order chi connectivity index (χ0) is 22.8. The van der Waals surface area contributed by atoms with Crippen LogP contribution in [0.1, 0.15) is 51.0 Å². The zero-order valence-corrected chi connectivity index (χ0v) is 19.9. The van der Waals surface area contributed by atoms with Crippen molar-refractivity contribution in [2.24, 2.45) is 0 Å². The predicted molar refractivity (Wildman–Crippen MR) is 132 cm³/mol. The molecule has 33 heavy (non-hydrogen) atoms. The second kappa shape index (κ2) is 10.3. The van der Waals surface area contributed by atoms with Crippen LogP contribution < -0.4 is 5.56 Å². The molecule has 7 nitrogen and oxygen atoms in total. The van der Waals surface area contributed by atoms with Gasteiger partial charge in [-0.25, -0.2) is 4.98 Å². The fourth-order valence-corrected chi connectivity index (χ4v) is 4.76. The monoisotopic (exact) mass is 450 g/mol. The van der Waals surface area contributed by atoms with E-state index in [1.165, 1.54) is 0 Å². The molecule has 3 aromatic rings. The Hall–Kier alpha value is -3.03. The molecule has 0 aliphatic carbocycles. The summed E-state index contributed by atoms with van der Waals surface area (Å²) in [6.45, 7) is 10.4. The molecule has 1 aromatic heterocycles. The van der Waals surface area contributed by atoms with Gasteiger partial charge in [0.25, 0.3) is 5.56 Å². The number of benzene rings is 2. The average Bonchev–Trinajstić information content (AvgIpc) is 2.80. The zero-order valence-electron chi connectivity index (χ0n) is 19.9. The number of nitrogens with zero attached hydrogens (tertiary/aromatic N) is 4. The Morgan fingerprint density at radius 2 is 1.79 bits per heavy atom. The van der Waals surface area contributed by atoms with Crippen molar-refractivity contribution in [3.63, 3.8) is 0 Å². The molecule has 176 valence electrons. The van der Waals surface area contributed by atoms with Crippen molar-refractivity contribution in [1.29, 1.82) is 0 Å². The van der Waals surface area contributed by atoms with Crippen LogP contribution in [0.4, 0.5) is 0 Å². The minimum Gasteiger partial charge on any atom is -0.412 e. The van der Waals surface area contributed by atoms with E-state index in [1.54, 1.807) is 4.57 Å². The molecular formula is C26H34N4O3. The molecule has 1 aliphatic heterocycles. The van der Waals surface area contributed by atoms with Crippen LogP contribution in [0.15, 0.2) is 53.3 Å². The summed E-state index contributed by atoms with van der Waals surface area (Å²) in [4.78, 5) is 35.3. The lowest BCUT2D eigenvalue weighted by Gasteiger charge is -2.43. The van der Waals surface area contributed by atoms with Crippen LogP contribution in [0.5, 0.6) is 0 Å². The van der Waals surface area contributed by atoms with Crippen molar-refractivity contribution in [3.05, 3.63) is 70.3 Å². The van der Waals surface area contributed by atoms with Crippen LogP contribution in [0.3, 0.4) is 0 Å². The highest BCUT2D eigenvalue weighted by molar-refractivity contribution is 5.78. The highest BCUT2D eigenvalue weighted by atomic mass is 16.2. The summed E-state index contributed by atoms with van der Waals surface area (Å²) in [5.41, 5.74) is 2.66. The Morgan fingerprint density at radius 1 is 1.09 bits per heavy atom. The van der Waals surface area contributed by atoms with Gasteiger partial charge in [-0.05, 0) is 44.5 Å². The van der Waals surface area contributed by atoms with Gasteiger partial charge in [0.1, 0.15) is 5.82 Å². The first-order chi connectivity index (χ1) is 15.4. The molecule has 0 bridgehead atoms. The fraction of sp³-hybridized carbons (Fsp3) is 0.423. The Morgan fingerprint density at radius 3 is 2.42 bits per heavy atom. The summed E-state index contributed by atoms with van der Waals surface area (Å²) in [6.07, 6.45) is 1.35. The highest BCUT2D eigenvalue weighted by Gasteiger charge is 2.32. The van der Waals surface area contributed by atoms with Crippen LogP contribution in [-0.4, -0.2) is 56.4 Å². The molecular weight excluding hydrogens is 416 g/mol. The van der Waals surface area contributed by atoms with Gasteiger partial charge in [-0.15, -0.1) is 0 Å². The number of aryl methyl sites for hydroxylation is 1. The maximum atomic E-state index is 13.6. The molecule has 7 heteroatoms. The molecule has 0 radical (unpaired) electrons. The number of aromatic nitrogens is 2. The largest absolute Gasteiger partial charge is 0.412 e. The summed E-state index contributed by atoms with van der Waals surface area (Å²) < 4.78 is 1.78. The van der Waals surface area contributed by atoms with Crippen LogP contribution in [0.2, 0.25) is 0 Å². The third-order valence-corrected chi connectivity index (χ3v) is 6.50. The third kappa shape index (κ3) is 4.70. The number of carbonyl (C=O) groups excluding carboxylic acids is 1. The van der Waals surface area contributed by atoms with Crippen LogP contribution in [-0.2, 0) is 4.79 Å². The Balaban J connectivity index is 0.00000306. The molecule has 1 fully saturated rings. The Labute approximate surface area is 195 Å². The quantitative estimate of drug-likeness (QED) is 0.597. The van der Waals surface area contributed by atoms with Gasteiger partial charge in [0.15, 0.2) is 0 Å². The summed E-state index contributed by atoms with van der Waals surface area (Å²) in [6, 6.07) is 15.7. The standard InChI is InChI=1S/C26H32N4O2.H2O/c1-5-23(28-15-16-29(19(4)17-28)24(31)6-2)25-27-22-10-8-7-9-21(22)26(32)30(25)20-13-11-18(3)12-14-20;/h7-14,19,23H,5-6,15-17H2,1-4H3;1H2. The lowest BCUT2D eigenvalue weighted by Crippen LogP contribution is -2.55. The third-order valence-electron chi connectivity index (χ3n) is 6.50. The first-order valence-corrected chi connectivity index (χ1v) is 11.6.